The van der Waals surface area contributed by atoms with Crippen LogP contribution in [-0.4, -0.2) is 31.1 Å². The minimum Gasteiger partial charge on any atom is -0.314 e. The molecule has 1 fully saturated rings. The minimum absolute atomic E-state index is 0. The van der Waals surface area contributed by atoms with Crippen molar-refractivity contribution < 1.29 is 0 Å². The van der Waals surface area contributed by atoms with Gasteiger partial charge in [0.1, 0.15) is 0 Å². The fourth-order valence-corrected chi connectivity index (χ4v) is 2.98. The van der Waals surface area contributed by atoms with Crippen LogP contribution in [0.1, 0.15) is 37.9 Å². The second-order valence-corrected chi connectivity index (χ2v) is 6.29. The van der Waals surface area contributed by atoms with Crippen LogP contribution in [0.5, 0.6) is 0 Å². The number of piperazine rings is 1. The number of hydrogen-bond donors (Lipinski definition) is 1. The highest BCUT2D eigenvalue weighted by Crippen LogP contribution is 2.38. The Kier molecular flexibility index (Phi) is 8.28. The lowest BCUT2D eigenvalue weighted by Crippen LogP contribution is -2.48. The van der Waals surface area contributed by atoms with Crippen molar-refractivity contribution in [3.8, 4) is 6.07 Å². The summed E-state index contributed by atoms with van der Waals surface area (Å²) < 4.78 is 0. The molecule has 1 atom stereocenters. The van der Waals surface area contributed by atoms with Crippen LogP contribution in [0, 0.1) is 16.7 Å². The Hall–Kier alpha value is -0.790. The molecule has 21 heavy (non-hydrogen) atoms. The first-order chi connectivity index (χ1) is 9.02. The lowest BCUT2D eigenvalue weighted by Gasteiger charge is -2.42. The summed E-state index contributed by atoms with van der Waals surface area (Å²) in [5.74, 6) is 0. The predicted octanol–water partition coefficient (Wildman–Crippen LogP) is 3.39. The lowest BCUT2D eigenvalue weighted by atomic mass is 9.80. The Balaban J connectivity index is 0.00000200. The Morgan fingerprint density at radius 1 is 1.19 bits per heavy atom. The largest absolute Gasteiger partial charge is 0.314 e. The van der Waals surface area contributed by atoms with Crippen LogP contribution >= 0.6 is 24.8 Å². The van der Waals surface area contributed by atoms with E-state index in [1.54, 1.807) is 0 Å². The molecular weight excluding hydrogens is 305 g/mol. The Bertz CT molecular complexity index is 471. The number of nitrogens with zero attached hydrogens (tertiary/aromatic N) is 2. The van der Waals surface area contributed by atoms with E-state index in [9.17, 15) is 0 Å². The maximum Gasteiger partial charge on any atom is 0.0991 e. The first kappa shape index (κ1) is 20.2. The van der Waals surface area contributed by atoms with Gasteiger partial charge >= 0.3 is 0 Å². The summed E-state index contributed by atoms with van der Waals surface area (Å²) in [4.78, 5) is 2.53. The fourth-order valence-electron chi connectivity index (χ4n) is 2.98. The van der Waals surface area contributed by atoms with E-state index in [1.165, 1.54) is 5.56 Å². The third-order valence-electron chi connectivity index (χ3n) is 3.67. The molecule has 1 aromatic rings. The molecule has 1 aliphatic heterocycles. The highest BCUT2D eigenvalue weighted by atomic mass is 35.5. The topological polar surface area (TPSA) is 39.1 Å². The highest BCUT2D eigenvalue weighted by molar-refractivity contribution is 5.85. The van der Waals surface area contributed by atoms with Crippen LogP contribution < -0.4 is 5.32 Å². The molecule has 1 saturated heterocycles. The van der Waals surface area contributed by atoms with Crippen LogP contribution in [0.2, 0.25) is 0 Å². The van der Waals surface area contributed by atoms with Gasteiger partial charge in [-0.15, -0.1) is 24.8 Å². The number of hydrogen-bond acceptors (Lipinski definition) is 3. The minimum atomic E-state index is 0. The molecule has 5 heteroatoms. The van der Waals surface area contributed by atoms with E-state index in [0.717, 1.165) is 31.7 Å². The summed E-state index contributed by atoms with van der Waals surface area (Å²) in [6.07, 6.45) is 0. The van der Waals surface area contributed by atoms with Gasteiger partial charge in [0.05, 0.1) is 11.6 Å². The summed E-state index contributed by atoms with van der Waals surface area (Å²) in [6.45, 7) is 11.1. The fraction of sp³-hybridized carbons (Fsp3) is 0.562. The zero-order chi connectivity index (χ0) is 13.9. The number of benzene rings is 1. The summed E-state index contributed by atoms with van der Waals surface area (Å²) in [5.41, 5.74) is 2.17. The molecule has 0 radical (unpaired) electrons. The third kappa shape index (κ3) is 5.16. The molecule has 0 spiro atoms. The smallest absolute Gasteiger partial charge is 0.0991 e. The number of nitriles is 1. The monoisotopic (exact) mass is 329 g/mol. The first-order valence-corrected chi connectivity index (χ1v) is 6.97. The van der Waals surface area contributed by atoms with Gasteiger partial charge in [0, 0.05) is 32.2 Å². The van der Waals surface area contributed by atoms with E-state index in [1.807, 2.05) is 18.2 Å². The van der Waals surface area contributed by atoms with E-state index in [0.29, 0.717) is 6.04 Å². The molecule has 0 saturated carbocycles. The van der Waals surface area contributed by atoms with Crippen LogP contribution in [0.3, 0.4) is 0 Å². The van der Waals surface area contributed by atoms with Crippen LogP contribution in [0.15, 0.2) is 24.3 Å². The van der Waals surface area contributed by atoms with E-state index >= 15 is 0 Å². The van der Waals surface area contributed by atoms with Crippen LogP contribution in [-0.2, 0) is 0 Å². The molecular formula is C16H25Cl2N3. The molecule has 1 N–H and O–H groups in total. The van der Waals surface area contributed by atoms with Gasteiger partial charge in [-0.05, 0) is 23.1 Å². The van der Waals surface area contributed by atoms with Crippen molar-refractivity contribution in [2.45, 2.75) is 26.8 Å². The molecule has 3 nitrogen and oxygen atoms in total. The van der Waals surface area contributed by atoms with Crippen LogP contribution in [0.4, 0.5) is 0 Å². The van der Waals surface area contributed by atoms with Crippen LogP contribution in [0.25, 0.3) is 0 Å². The van der Waals surface area contributed by atoms with Crippen molar-refractivity contribution in [3.05, 3.63) is 35.4 Å². The molecule has 2 rings (SSSR count). The summed E-state index contributed by atoms with van der Waals surface area (Å²) in [6, 6.07) is 10.7. The number of halogens is 2. The molecule has 0 bridgehead atoms. The Labute approximate surface area is 140 Å². The van der Waals surface area contributed by atoms with E-state index < -0.39 is 0 Å². The summed E-state index contributed by atoms with van der Waals surface area (Å²) in [5, 5.41) is 12.5. The van der Waals surface area contributed by atoms with Gasteiger partial charge in [-0.3, -0.25) is 4.90 Å². The maximum atomic E-state index is 9.08. The lowest BCUT2D eigenvalue weighted by molar-refractivity contribution is 0.0862. The molecule has 1 heterocycles. The summed E-state index contributed by atoms with van der Waals surface area (Å²) in [7, 11) is 0. The summed E-state index contributed by atoms with van der Waals surface area (Å²) >= 11 is 0. The van der Waals surface area contributed by atoms with Crippen molar-refractivity contribution in [2.75, 3.05) is 26.2 Å². The molecule has 1 aliphatic rings. The van der Waals surface area contributed by atoms with Gasteiger partial charge < -0.3 is 5.32 Å². The SMILES string of the molecule is CC(C)(C)[C@H](c1cccc(C#N)c1)N1CCNCC1.Cl.Cl. The molecule has 118 valence electrons. The quantitative estimate of drug-likeness (QED) is 0.903. The average Bonchev–Trinajstić information content (AvgIpc) is 2.39. The standard InChI is InChI=1S/C16H23N3.2ClH/c1-16(2,3)15(19-9-7-18-8-10-19)14-6-4-5-13(11-14)12-17;;/h4-6,11,15,18H,7-10H2,1-3H3;2*1H/t15-;;/m0../s1. The zero-order valence-corrected chi connectivity index (χ0v) is 14.6. The van der Waals surface area contributed by atoms with Crippen molar-refractivity contribution in [1.82, 2.24) is 10.2 Å². The normalized spacial score (nSPS) is 17.0. The maximum absolute atomic E-state index is 9.08. The zero-order valence-electron chi connectivity index (χ0n) is 12.9. The molecule has 0 aliphatic carbocycles. The average molecular weight is 330 g/mol. The second kappa shape index (κ2) is 8.60. The van der Waals surface area contributed by atoms with E-state index in [2.05, 4.69) is 43.1 Å². The van der Waals surface area contributed by atoms with Gasteiger partial charge in [-0.2, -0.15) is 5.26 Å². The van der Waals surface area contributed by atoms with Crippen molar-refractivity contribution >= 4 is 24.8 Å². The Morgan fingerprint density at radius 2 is 1.81 bits per heavy atom. The van der Waals surface area contributed by atoms with Crippen molar-refractivity contribution in [1.29, 1.82) is 5.26 Å². The van der Waals surface area contributed by atoms with Crippen molar-refractivity contribution in [2.24, 2.45) is 5.41 Å². The second-order valence-electron chi connectivity index (χ2n) is 6.29. The van der Waals surface area contributed by atoms with Crippen molar-refractivity contribution in [3.63, 3.8) is 0 Å². The molecule has 0 unspecified atom stereocenters. The van der Waals surface area contributed by atoms with E-state index in [-0.39, 0.29) is 30.2 Å². The third-order valence-corrected chi connectivity index (χ3v) is 3.67. The molecule has 1 aromatic carbocycles. The Morgan fingerprint density at radius 3 is 2.33 bits per heavy atom. The number of nitrogens with one attached hydrogen (secondary N) is 1. The van der Waals surface area contributed by atoms with E-state index in [4.69, 9.17) is 5.26 Å². The first-order valence-electron chi connectivity index (χ1n) is 6.97. The van der Waals surface area contributed by atoms with Gasteiger partial charge in [-0.25, -0.2) is 0 Å². The van der Waals surface area contributed by atoms with Gasteiger partial charge in [0.15, 0.2) is 0 Å². The van der Waals surface area contributed by atoms with Gasteiger partial charge in [0.25, 0.3) is 0 Å². The van der Waals surface area contributed by atoms with Gasteiger partial charge in [0.2, 0.25) is 0 Å². The predicted molar refractivity (Wildman–Crippen MR) is 92.3 cm³/mol. The number of rotatable bonds is 2. The highest BCUT2D eigenvalue weighted by Gasteiger charge is 2.32. The molecule has 0 aromatic heterocycles. The molecule has 0 amide bonds. The van der Waals surface area contributed by atoms with Gasteiger partial charge in [-0.1, -0.05) is 32.9 Å².